The summed E-state index contributed by atoms with van der Waals surface area (Å²) in [5, 5.41) is 9.30. The van der Waals surface area contributed by atoms with E-state index in [1.165, 1.54) is 16.8 Å². The van der Waals surface area contributed by atoms with Gasteiger partial charge in [-0.15, -0.1) is 10.2 Å². The molecule has 0 atom stereocenters. The van der Waals surface area contributed by atoms with Crippen LogP contribution in [-0.4, -0.2) is 18.6 Å². The van der Waals surface area contributed by atoms with Crippen LogP contribution in [0.2, 0.25) is 0 Å². The molecule has 1 aliphatic heterocycles. The minimum absolute atomic E-state index is 0.813. The SMILES string of the molecule is Cc1ccc2c(c1)C/C(=N\N=C(c1ccccc1)c1ccccc1)N2C. The Balaban J connectivity index is 1.74. The van der Waals surface area contributed by atoms with Gasteiger partial charge in [0.1, 0.15) is 11.5 Å². The number of nitrogens with zero attached hydrogens (tertiary/aromatic N) is 3. The van der Waals surface area contributed by atoms with Crippen molar-refractivity contribution in [3.05, 3.63) is 101 Å². The molecule has 3 aromatic carbocycles. The number of fused-ring (bicyclic) bond motifs is 1. The normalized spacial score (nSPS) is 14.4. The summed E-state index contributed by atoms with van der Waals surface area (Å²) in [5.74, 6) is 0.968. The minimum Gasteiger partial charge on any atom is -0.331 e. The van der Waals surface area contributed by atoms with Gasteiger partial charge in [0.25, 0.3) is 0 Å². The fourth-order valence-electron chi connectivity index (χ4n) is 3.30. The first-order valence-corrected chi connectivity index (χ1v) is 8.81. The molecule has 1 aliphatic rings. The second kappa shape index (κ2) is 6.96. The molecule has 0 spiro atoms. The molecule has 128 valence electrons. The average molecular weight is 339 g/mol. The number of aryl methyl sites for hydroxylation is 1. The van der Waals surface area contributed by atoms with E-state index < -0.39 is 0 Å². The highest BCUT2D eigenvalue weighted by atomic mass is 15.3. The number of likely N-dealkylation sites (N-methyl/N-ethyl adjacent to an activating group) is 1. The molecule has 3 nitrogen and oxygen atoms in total. The van der Waals surface area contributed by atoms with Gasteiger partial charge >= 0.3 is 0 Å². The van der Waals surface area contributed by atoms with E-state index in [4.69, 9.17) is 0 Å². The molecule has 0 unspecified atom stereocenters. The van der Waals surface area contributed by atoms with E-state index in [0.29, 0.717) is 0 Å². The van der Waals surface area contributed by atoms with E-state index in [1.54, 1.807) is 0 Å². The molecule has 0 radical (unpaired) electrons. The van der Waals surface area contributed by atoms with Crippen LogP contribution >= 0.6 is 0 Å². The molecule has 0 saturated heterocycles. The summed E-state index contributed by atoms with van der Waals surface area (Å²) < 4.78 is 0. The third-order valence-electron chi connectivity index (χ3n) is 4.69. The lowest BCUT2D eigenvalue weighted by molar-refractivity contribution is 1.16. The minimum atomic E-state index is 0.813. The summed E-state index contributed by atoms with van der Waals surface area (Å²) in [7, 11) is 2.06. The van der Waals surface area contributed by atoms with Crippen molar-refractivity contribution in [2.45, 2.75) is 13.3 Å². The Morgan fingerprint density at radius 1 is 0.846 bits per heavy atom. The highest BCUT2D eigenvalue weighted by molar-refractivity contribution is 6.13. The number of rotatable bonds is 3. The lowest BCUT2D eigenvalue weighted by atomic mass is 10.0. The van der Waals surface area contributed by atoms with Crippen LogP contribution in [0.5, 0.6) is 0 Å². The van der Waals surface area contributed by atoms with Crippen LogP contribution in [0.15, 0.2) is 89.1 Å². The first kappa shape index (κ1) is 16.3. The van der Waals surface area contributed by atoms with Crippen LogP contribution in [0, 0.1) is 6.92 Å². The summed E-state index contributed by atoms with van der Waals surface area (Å²) in [6, 6.07) is 27.0. The molecule has 0 N–H and O–H groups in total. The Labute approximate surface area is 154 Å². The highest BCUT2D eigenvalue weighted by Gasteiger charge is 2.22. The van der Waals surface area contributed by atoms with Gasteiger partial charge < -0.3 is 4.90 Å². The van der Waals surface area contributed by atoms with Gasteiger partial charge in [-0.2, -0.15) is 0 Å². The molecular weight excluding hydrogens is 318 g/mol. The molecule has 0 amide bonds. The molecule has 0 aliphatic carbocycles. The summed E-state index contributed by atoms with van der Waals surface area (Å²) in [6.45, 7) is 2.12. The van der Waals surface area contributed by atoms with Crippen LogP contribution in [0.1, 0.15) is 22.3 Å². The highest BCUT2D eigenvalue weighted by Crippen LogP contribution is 2.29. The lowest BCUT2D eigenvalue weighted by Gasteiger charge is -2.13. The maximum absolute atomic E-state index is 4.67. The standard InChI is InChI=1S/C23H21N3/c1-17-13-14-21-20(15-17)16-22(26(21)2)24-25-23(18-9-5-3-6-10-18)19-11-7-4-8-12-19/h3-15H,16H2,1-2H3/b24-22+. The van der Waals surface area contributed by atoms with Gasteiger partial charge in [0.2, 0.25) is 0 Å². The number of amidine groups is 1. The number of benzene rings is 3. The third-order valence-corrected chi connectivity index (χ3v) is 4.69. The number of anilines is 1. The van der Waals surface area contributed by atoms with Gasteiger partial charge in [0.15, 0.2) is 0 Å². The molecule has 1 heterocycles. The zero-order chi connectivity index (χ0) is 17.9. The van der Waals surface area contributed by atoms with E-state index in [0.717, 1.165) is 29.1 Å². The molecule has 3 heteroatoms. The van der Waals surface area contributed by atoms with Crippen molar-refractivity contribution in [1.29, 1.82) is 0 Å². The monoisotopic (exact) mass is 339 g/mol. The maximum atomic E-state index is 4.67. The van der Waals surface area contributed by atoms with Crippen molar-refractivity contribution in [2.75, 3.05) is 11.9 Å². The molecule has 4 rings (SSSR count). The Morgan fingerprint density at radius 3 is 2.08 bits per heavy atom. The summed E-state index contributed by atoms with van der Waals surface area (Å²) in [6.07, 6.45) is 0.813. The molecule has 0 fully saturated rings. The first-order valence-electron chi connectivity index (χ1n) is 8.81. The predicted octanol–water partition coefficient (Wildman–Crippen LogP) is 4.84. The molecule has 0 aromatic heterocycles. The molecule has 26 heavy (non-hydrogen) atoms. The lowest BCUT2D eigenvalue weighted by Crippen LogP contribution is -2.21. The zero-order valence-corrected chi connectivity index (χ0v) is 15.1. The fourth-order valence-corrected chi connectivity index (χ4v) is 3.30. The Morgan fingerprint density at radius 2 is 1.46 bits per heavy atom. The van der Waals surface area contributed by atoms with Crippen molar-refractivity contribution in [3.8, 4) is 0 Å². The van der Waals surface area contributed by atoms with Gasteiger partial charge in [-0.05, 0) is 18.6 Å². The summed E-state index contributed by atoms with van der Waals surface area (Å²) >= 11 is 0. The van der Waals surface area contributed by atoms with Crippen LogP contribution in [-0.2, 0) is 6.42 Å². The molecule has 3 aromatic rings. The second-order valence-corrected chi connectivity index (χ2v) is 6.56. The Bertz CT molecular complexity index is 931. The summed E-state index contributed by atoms with van der Waals surface area (Å²) in [4.78, 5) is 2.13. The molecular formula is C23H21N3. The molecule has 0 bridgehead atoms. The number of hydrogen-bond donors (Lipinski definition) is 0. The molecule has 0 saturated carbocycles. The smallest absolute Gasteiger partial charge is 0.136 e. The Kier molecular flexibility index (Phi) is 4.36. The largest absolute Gasteiger partial charge is 0.331 e. The zero-order valence-electron chi connectivity index (χ0n) is 15.1. The van der Waals surface area contributed by atoms with E-state index in [-0.39, 0.29) is 0 Å². The van der Waals surface area contributed by atoms with E-state index in [1.807, 2.05) is 36.4 Å². The van der Waals surface area contributed by atoms with Crippen molar-refractivity contribution in [1.82, 2.24) is 0 Å². The van der Waals surface area contributed by atoms with Gasteiger partial charge in [0.05, 0.1) is 0 Å². The topological polar surface area (TPSA) is 28.0 Å². The Hall–Kier alpha value is -3.20. The fraction of sp³-hybridized carbons (Fsp3) is 0.130. The van der Waals surface area contributed by atoms with Crippen molar-refractivity contribution in [3.63, 3.8) is 0 Å². The van der Waals surface area contributed by atoms with Crippen LogP contribution < -0.4 is 4.90 Å². The van der Waals surface area contributed by atoms with Crippen molar-refractivity contribution in [2.24, 2.45) is 10.2 Å². The van der Waals surface area contributed by atoms with E-state index in [9.17, 15) is 0 Å². The van der Waals surface area contributed by atoms with Gasteiger partial charge in [0, 0.05) is 30.3 Å². The van der Waals surface area contributed by atoms with Crippen molar-refractivity contribution < 1.29 is 0 Å². The van der Waals surface area contributed by atoms with E-state index in [2.05, 4.69) is 71.5 Å². The average Bonchev–Trinajstić information content (AvgIpc) is 2.99. The van der Waals surface area contributed by atoms with Gasteiger partial charge in [-0.1, -0.05) is 78.4 Å². The van der Waals surface area contributed by atoms with Gasteiger partial charge in [-0.3, -0.25) is 0 Å². The van der Waals surface area contributed by atoms with Crippen LogP contribution in [0.3, 0.4) is 0 Å². The van der Waals surface area contributed by atoms with Crippen molar-refractivity contribution >= 4 is 17.2 Å². The quantitative estimate of drug-likeness (QED) is 0.496. The number of hydrogen-bond acceptors (Lipinski definition) is 2. The van der Waals surface area contributed by atoms with Gasteiger partial charge in [-0.25, -0.2) is 0 Å². The van der Waals surface area contributed by atoms with Crippen LogP contribution in [0.4, 0.5) is 5.69 Å². The second-order valence-electron chi connectivity index (χ2n) is 6.56. The predicted molar refractivity (Wildman–Crippen MR) is 109 cm³/mol. The summed E-state index contributed by atoms with van der Waals surface area (Å²) in [5.41, 5.74) is 6.82. The van der Waals surface area contributed by atoms with E-state index >= 15 is 0 Å². The van der Waals surface area contributed by atoms with Crippen LogP contribution in [0.25, 0.3) is 0 Å². The maximum Gasteiger partial charge on any atom is 0.136 e. The third kappa shape index (κ3) is 3.16. The first-order chi connectivity index (χ1) is 12.7.